The van der Waals surface area contributed by atoms with E-state index in [2.05, 4.69) is 0 Å². The molecule has 1 unspecified atom stereocenters. The first kappa shape index (κ1) is 14.5. The highest BCUT2D eigenvalue weighted by Crippen LogP contribution is 2.36. The predicted octanol–water partition coefficient (Wildman–Crippen LogP) is 2.23. The first-order valence-corrected chi connectivity index (χ1v) is 5.28. The van der Waals surface area contributed by atoms with Crippen molar-refractivity contribution in [1.29, 1.82) is 0 Å². The number of carboxylic acids is 1. The molecule has 1 atom stereocenters. The van der Waals surface area contributed by atoms with Gasteiger partial charge in [0.15, 0.2) is 0 Å². The molecule has 3 nitrogen and oxygen atoms in total. The number of nitrogens with two attached hydrogens (primary N) is 1. The van der Waals surface area contributed by atoms with Gasteiger partial charge in [0.2, 0.25) is 0 Å². The molecule has 0 amide bonds. The van der Waals surface area contributed by atoms with Crippen LogP contribution in [0.2, 0.25) is 0 Å². The number of carbonyl (C=O) groups is 1. The number of alkyl halides is 3. The van der Waals surface area contributed by atoms with Crippen LogP contribution < -0.4 is 5.73 Å². The molecule has 0 saturated carbocycles. The molecule has 0 fully saturated rings. The van der Waals surface area contributed by atoms with Crippen LogP contribution in [0.15, 0.2) is 24.3 Å². The topological polar surface area (TPSA) is 63.3 Å². The van der Waals surface area contributed by atoms with Crippen molar-refractivity contribution in [2.24, 2.45) is 5.73 Å². The fourth-order valence-corrected chi connectivity index (χ4v) is 1.86. The zero-order valence-corrected chi connectivity index (χ0v) is 9.79. The lowest BCUT2D eigenvalue weighted by Gasteiger charge is -2.29. The fraction of sp³-hybridized carbons (Fsp3) is 0.417. The third-order valence-corrected chi connectivity index (χ3v) is 2.83. The van der Waals surface area contributed by atoms with Gasteiger partial charge in [0.1, 0.15) is 5.41 Å². The minimum Gasteiger partial charge on any atom is -0.481 e. The van der Waals surface area contributed by atoms with E-state index in [1.54, 1.807) is 13.0 Å². The summed E-state index contributed by atoms with van der Waals surface area (Å²) in [4.78, 5) is 11.3. The van der Waals surface area contributed by atoms with Gasteiger partial charge < -0.3 is 10.8 Å². The molecule has 0 bridgehead atoms. The lowest BCUT2D eigenvalue weighted by Crippen LogP contribution is -2.46. The van der Waals surface area contributed by atoms with Gasteiger partial charge in [0.25, 0.3) is 0 Å². The maximum Gasteiger partial charge on any atom is 0.390 e. The maximum absolute atomic E-state index is 12.6. The second-order valence-electron chi connectivity index (χ2n) is 4.25. The molecule has 3 N–H and O–H groups in total. The Balaban J connectivity index is 3.32. The Bertz CT molecular complexity index is 445. The minimum atomic E-state index is -4.60. The monoisotopic (exact) mass is 261 g/mol. The Morgan fingerprint density at radius 3 is 2.39 bits per heavy atom. The first-order chi connectivity index (χ1) is 8.21. The number of aliphatic carboxylic acids is 1. The molecule has 0 aliphatic rings. The van der Waals surface area contributed by atoms with Crippen LogP contribution in [0.3, 0.4) is 0 Å². The summed E-state index contributed by atoms with van der Waals surface area (Å²) in [7, 11) is 0. The molecule has 0 spiro atoms. The first-order valence-electron chi connectivity index (χ1n) is 5.28. The van der Waals surface area contributed by atoms with Crippen molar-refractivity contribution in [2.45, 2.75) is 24.9 Å². The van der Waals surface area contributed by atoms with E-state index in [1.165, 1.54) is 18.2 Å². The zero-order chi connectivity index (χ0) is 14.0. The normalized spacial score (nSPS) is 15.2. The molecule has 18 heavy (non-hydrogen) atoms. The predicted molar refractivity (Wildman–Crippen MR) is 60.2 cm³/mol. The second-order valence-corrected chi connectivity index (χ2v) is 4.25. The molecule has 1 aromatic rings. The lowest BCUT2D eigenvalue weighted by molar-refractivity contribution is -0.167. The standard InChI is InChI=1S/C12H14F3NO2/c1-8-3-2-4-9(5-8)11(7-16,10(17)18)6-12(13,14)15/h2-5H,6-7,16H2,1H3,(H,17,18). The summed E-state index contributed by atoms with van der Waals surface area (Å²) in [5.74, 6) is -1.56. The molecular weight excluding hydrogens is 247 g/mol. The van der Waals surface area contributed by atoms with Gasteiger partial charge >= 0.3 is 12.1 Å². The van der Waals surface area contributed by atoms with Crippen LogP contribution in [0.25, 0.3) is 0 Å². The van der Waals surface area contributed by atoms with E-state index in [-0.39, 0.29) is 5.56 Å². The van der Waals surface area contributed by atoms with Crippen LogP contribution in [0, 0.1) is 6.92 Å². The number of benzene rings is 1. The Morgan fingerprint density at radius 1 is 1.39 bits per heavy atom. The molecule has 0 aromatic heterocycles. The number of hydrogen-bond donors (Lipinski definition) is 2. The molecule has 0 saturated heterocycles. The van der Waals surface area contributed by atoms with E-state index >= 15 is 0 Å². The van der Waals surface area contributed by atoms with Crippen LogP contribution in [0.1, 0.15) is 17.5 Å². The molecule has 100 valence electrons. The molecule has 1 rings (SSSR count). The molecular formula is C12H14F3NO2. The summed E-state index contributed by atoms with van der Waals surface area (Å²) >= 11 is 0. The zero-order valence-electron chi connectivity index (χ0n) is 9.79. The van der Waals surface area contributed by atoms with Gasteiger partial charge in [-0.2, -0.15) is 13.2 Å². The second kappa shape index (κ2) is 4.97. The van der Waals surface area contributed by atoms with Gasteiger partial charge in [0.05, 0.1) is 6.42 Å². The number of carboxylic acid groups (broad SMARTS) is 1. The van der Waals surface area contributed by atoms with E-state index in [9.17, 15) is 18.0 Å². The van der Waals surface area contributed by atoms with Crippen LogP contribution in [-0.4, -0.2) is 23.8 Å². The summed E-state index contributed by atoms with van der Waals surface area (Å²) in [6.07, 6.45) is -6.07. The van der Waals surface area contributed by atoms with Crippen molar-refractivity contribution in [1.82, 2.24) is 0 Å². The van der Waals surface area contributed by atoms with Gasteiger partial charge in [-0.15, -0.1) is 0 Å². The van der Waals surface area contributed by atoms with Crippen molar-refractivity contribution >= 4 is 5.97 Å². The highest BCUT2D eigenvalue weighted by molar-refractivity contribution is 5.82. The van der Waals surface area contributed by atoms with E-state index in [0.29, 0.717) is 5.56 Å². The third kappa shape index (κ3) is 3.01. The summed E-state index contributed by atoms with van der Waals surface area (Å²) in [5, 5.41) is 9.15. The quantitative estimate of drug-likeness (QED) is 0.873. The van der Waals surface area contributed by atoms with E-state index < -0.39 is 30.5 Å². The smallest absolute Gasteiger partial charge is 0.390 e. The fourth-order valence-electron chi connectivity index (χ4n) is 1.86. The average Bonchev–Trinajstić information content (AvgIpc) is 2.24. The van der Waals surface area contributed by atoms with Crippen molar-refractivity contribution in [3.63, 3.8) is 0 Å². The van der Waals surface area contributed by atoms with E-state index in [4.69, 9.17) is 10.8 Å². The van der Waals surface area contributed by atoms with E-state index in [0.717, 1.165) is 0 Å². The Kier molecular flexibility index (Phi) is 4.01. The van der Waals surface area contributed by atoms with Crippen LogP contribution in [0.5, 0.6) is 0 Å². The highest BCUT2D eigenvalue weighted by atomic mass is 19.4. The molecule has 6 heteroatoms. The summed E-state index contributed by atoms with van der Waals surface area (Å²) in [6, 6.07) is 5.99. The van der Waals surface area contributed by atoms with Gasteiger partial charge in [-0.25, -0.2) is 0 Å². The summed E-state index contributed by atoms with van der Waals surface area (Å²) in [5.41, 5.74) is 3.96. The maximum atomic E-state index is 12.6. The van der Waals surface area contributed by atoms with Gasteiger partial charge in [-0.1, -0.05) is 29.8 Å². The van der Waals surface area contributed by atoms with Crippen LogP contribution in [0.4, 0.5) is 13.2 Å². The van der Waals surface area contributed by atoms with Crippen molar-refractivity contribution in [3.05, 3.63) is 35.4 Å². The number of rotatable bonds is 4. The third-order valence-electron chi connectivity index (χ3n) is 2.83. The lowest BCUT2D eigenvalue weighted by atomic mass is 9.77. The molecule has 0 heterocycles. The Hall–Kier alpha value is -1.56. The number of aryl methyl sites for hydroxylation is 1. The molecule has 0 aliphatic heterocycles. The van der Waals surface area contributed by atoms with Gasteiger partial charge in [-0.05, 0) is 12.5 Å². The highest BCUT2D eigenvalue weighted by Gasteiger charge is 2.48. The average molecular weight is 261 g/mol. The number of halogens is 3. The minimum absolute atomic E-state index is 0.0785. The molecule has 1 aromatic carbocycles. The Labute approximate surface area is 102 Å². The van der Waals surface area contributed by atoms with Crippen molar-refractivity contribution < 1.29 is 23.1 Å². The van der Waals surface area contributed by atoms with Gasteiger partial charge in [-0.3, -0.25) is 4.79 Å². The number of hydrogen-bond acceptors (Lipinski definition) is 2. The van der Waals surface area contributed by atoms with Gasteiger partial charge in [0, 0.05) is 6.54 Å². The SMILES string of the molecule is Cc1cccc(C(CN)(CC(F)(F)F)C(=O)O)c1. The van der Waals surface area contributed by atoms with E-state index in [1.807, 2.05) is 0 Å². The van der Waals surface area contributed by atoms with Crippen LogP contribution in [-0.2, 0) is 10.2 Å². The molecule has 0 radical (unpaired) electrons. The van der Waals surface area contributed by atoms with Crippen molar-refractivity contribution in [3.8, 4) is 0 Å². The Morgan fingerprint density at radius 2 is 2.00 bits per heavy atom. The van der Waals surface area contributed by atoms with Crippen molar-refractivity contribution in [2.75, 3.05) is 6.54 Å². The summed E-state index contributed by atoms with van der Waals surface area (Å²) < 4.78 is 37.7. The largest absolute Gasteiger partial charge is 0.481 e. The van der Waals surface area contributed by atoms with Crippen LogP contribution >= 0.6 is 0 Å². The summed E-state index contributed by atoms with van der Waals surface area (Å²) in [6.45, 7) is 1.07. The molecule has 0 aliphatic carbocycles.